The lowest BCUT2D eigenvalue weighted by Gasteiger charge is -2.33. The quantitative estimate of drug-likeness (QED) is 0.427. The van der Waals surface area contributed by atoms with E-state index in [1.807, 2.05) is 25.7 Å². The van der Waals surface area contributed by atoms with Gasteiger partial charge < -0.3 is 19.9 Å². The molecule has 1 fully saturated rings. The van der Waals surface area contributed by atoms with Crippen molar-refractivity contribution in [3.05, 3.63) is 0 Å². The summed E-state index contributed by atoms with van der Waals surface area (Å²) in [6.45, 7) is 10.3. The van der Waals surface area contributed by atoms with Crippen LogP contribution in [0.15, 0.2) is 4.99 Å². The minimum Gasteiger partial charge on any atom is -0.469 e. The van der Waals surface area contributed by atoms with E-state index >= 15 is 0 Å². The summed E-state index contributed by atoms with van der Waals surface area (Å²) in [4.78, 5) is 32.2. The standard InChI is InChI=1S/C17H32N4O3/c1-5-18-17(19-11-8-15(22)20(6-2)7-3)21-12-9-14(10-13-21)16(23)24-4/h14H,5-13H2,1-4H3,(H,18,19). The van der Waals surface area contributed by atoms with Crippen LogP contribution in [-0.4, -0.2) is 74.0 Å². The number of likely N-dealkylation sites (tertiary alicyclic amines) is 1. The fraction of sp³-hybridized carbons (Fsp3) is 0.824. The highest BCUT2D eigenvalue weighted by atomic mass is 16.5. The summed E-state index contributed by atoms with van der Waals surface area (Å²) >= 11 is 0. The van der Waals surface area contributed by atoms with Crippen molar-refractivity contribution in [2.75, 3.05) is 46.4 Å². The van der Waals surface area contributed by atoms with Crippen LogP contribution < -0.4 is 5.32 Å². The van der Waals surface area contributed by atoms with Crippen molar-refractivity contribution in [1.82, 2.24) is 15.1 Å². The van der Waals surface area contributed by atoms with E-state index in [2.05, 4.69) is 15.2 Å². The minimum atomic E-state index is -0.124. The number of hydrogen-bond donors (Lipinski definition) is 1. The molecule has 0 unspecified atom stereocenters. The molecule has 1 rings (SSSR count). The van der Waals surface area contributed by atoms with E-state index in [4.69, 9.17) is 4.74 Å². The molecule has 7 nitrogen and oxygen atoms in total. The monoisotopic (exact) mass is 340 g/mol. The second-order valence-electron chi connectivity index (χ2n) is 5.84. The zero-order valence-corrected chi connectivity index (χ0v) is 15.5. The van der Waals surface area contributed by atoms with Crippen LogP contribution in [0.2, 0.25) is 0 Å². The minimum absolute atomic E-state index is 0.0154. The lowest BCUT2D eigenvalue weighted by Crippen LogP contribution is -2.46. The Balaban J connectivity index is 2.54. The molecule has 1 aliphatic rings. The molecule has 1 heterocycles. The SMILES string of the molecule is CCNC(=NCCC(=O)N(CC)CC)N1CCC(C(=O)OC)CC1. The lowest BCUT2D eigenvalue weighted by molar-refractivity contribution is -0.146. The van der Waals surface area contributed by atoms with E-state index in [9.17, 15) is 9.59 Å². The normalized spacial score (nSPS) is 16.0. The molecule has 0 radical (unpaired) electrons. The van der Waals surface area contributed by atoms with Crippen molar-refractivity contribution >= 4 is 17.8 Å². The molecule has 0 saturated carbocycles. The summed E-state index contributed by atoms with van der Waals surface area (Å²) in [5, 5.41) is 3.28. The van der Waals surface area contributed by atoms with Crippen LogP contribution in [0.3, 0.4) is 0 Å². The number of hydrogen-bond acceptors (Lipinski definition) is 4. The van der Waals surface area contributed by atoms with Gasteiger partial charge in [-0.1, -0.05) is 0 Å². The van der Waals surface area contributed by atoms with Gasteiger partial charge in [-0.05, 0) is 33.6 Å². The number of amides is 1. The molecule has 0 aromatic heterocycles. The van der Waals surface area contributed by atoms with Gasteiger partial charge in [0, 0.05) is 39.1 Å². The average Bonchev–Trinajstić information content (AvgIpc) is 2.61. The molecule has 138 valence electrons. The Morgan fingerprint density at radius 1 is 1.21 bits per heavy atom. The van der Waals surface area contributed by atoms with Crippen LogP contribution >= 0.6 is 0 Å². The number of piperidine rings is 1. The maximum absolute atomic E-state index is 12.0. The fourth-order valence-corrected chi connectivity index (χ4v) is 2.91. The lowest BCUT2D eigenvalue weighted by atomic mass is 9.97. The molecule has 1 saturated heterocycles. The summed E-state index contributed by atoms with van der Waals surface area (Å²) in [7, 11) is 1.44. The smallest absolute Gasteiger partial charge is 0.308 e. The van der Waals surface area contributed by atoms with Crippen molar-refractivity contribution in [2.24, 2.45) is 10.9 Å². The number of aliphatic imine (C=N–C) groups is 1. The van der Waals surface area contributed by atoms with Crippen molar-refractivity contribution < 1.29 is 14.3 Å². The third-order valence-corrected chi connectivity index (χ3v) is 4.37. The fourth-order valence-electron chi connectivity index (χ4n) is 2.91. The van der Waals surface area contributed by atoms with Gasteiger partial charge in [0.05, 0.1) is 19.6 Å². The number of guanidine groups is 1. The first-order chi connectivity index (χ1) is 11.6. The van der Waals surface area contributed by atoms with Gasteiger partial charge >= 0.3 is 5.97 Å². The Bertz CT molecular complexity index is 428. The van der Waals surface area contributed by atoms with Crippen LogP contribution in [0.1, 0.15) is 40.0 Å². The molecule has 0 bridgehead atoms. The molecule has 1 N–H and O–H groups in total. The highest BCUT2D eigenvalue weighted by Gasteiger charge is 2.26. The first kappa shape index (κ1) is 20.3. The molecule has 1 amide bonds. The summed E-state index contributed by atoms with van der Waals surface area (Å²) in [6.07, 6.45) is 1.97. The molecule has 1 aliphatic heterocycles. The number of nitrogens with zero attached hydrogens (tertiary/aromatic N) is 3. The molecule has 0 aromatic rings. The Morgan fingerprint density at radius 2 is 1.83 bits per heavy atom. The molecule has 7 heteroatoms. The Kier molecular flexibility index (Phi) is 9.19. The maximum atomic E-state index is 12.0. The van der Waals surface area contributed by atoms with Gasteiger partial charge in [0.2, 0.25) is 5.91 Å². The van der Waals surface area contributed by atoms with Crippen LogP contribution in [-0.2, 0) is 14.3 Å². The third-order valence-electron chi connectivity index (χ3n) is 4.37. The Hall–Kier alpha value is -1.79. The topological polar surface area (TPSA) is 74.2 Å². The van der Waals surface area contributed by atoms with E-state index in [1.54, 1.807) is 0 Å². The number of carbonyl (C=O) groups is 2. The van der Waals surface area contributed by atoms with Crippen molar-refractivity contribution in [1.29, 1.82) is 0 Å². The van der Waals surface area contributed by atoms with E-state index in [0.29, 0.717) is 13.0 Å². The first-order valence-corrected chi connectivity index (χ1v) is 8.96. The number of ether oxygens (including phenoxy) is 1. The van der Waals surface area contributed by atoms with Gasteiger partial charge in [0.15, 0.2) is 5.96 Å². The van der Waals surface area contributed by atoms with Crippen LogP contribution in [0, 0.1) is 5.92 Å². The number of esters is 1. The van der Waals surface area contributed by atoms with Crippen LogP contribution in [0.25, 0.3) is 0 Å². The van der Waals surface area contributed by atoms with Gasteiger partial charge in [0.25, 0.3) is 0 Å². The number of rotatable bonds is 7. The van der Waals surface area contributed by atoms with Crippen LogP contribution in [0.4, 0.5) is 0 Å². The Morgan fingerprint density at radius 3 is 2.33 bits per heavy atom. The summed E-state index contributed by atoms with van der Waals surface area (Å²) < 4.78 is 4.82. The molecular formula is C17H32N4O3. The third kappa shape index (κ3) is 6.02. The zero-order chi connectivity index (χ0) is 17.9. The van der Waals surface area contributed by atoms with Gasteiger partial charge in [-0.3, -0.25) is 14.6 Å². The van der Waals surface area contributed by atoms with Gasteiger partial charge in [-0.2, -0.15) is 0 Å². The molecule has 0 spiro atoms. The average molecular weight is 340 g/mol. The van der Waals surface area contributed by atoms with Gasteiger partial charge in [-0.15, -0.1) is 0 Å². The highest BCUT2D eigenvalue weighted by molar-refractivity contribution is 5.81. The predicted molar refractivity (Wildman–Crippen MR) is 94.8 cm³/mol. The Labute approximate surface area is 145 Å². The number of methoxy groups -OCH3 is 1. The second-order valence-corrected chi connectivity index (χ2v) is 5.84. The van der Waals surface area contributed by atoms with Crippen LogP contribution in [0.5, 0.6) is 0 Å². The zero-order valence-electron chi connectivity index (χ0n) is 15.5. The van der Waals surface area contributed by atoms with E-state index < -0.39 is 0 Å². The van der Waals surface area contributed by atoms with E-state index in [0.717, 1.165) is 51.5 Å². The number of carbonyl (C=O) groups excluding carboxylic acids is 2. The van der Waals surface area contributed by atoms with Crippen molar-refractivity contribution in [2.45, 2.75) is 40.0 Å². The highest BCUT2D eigenvalue weighted by Crippen LogP contribution is 2.18. The van der Waals surface area contributed by atoms with Crippen molar-refractivity contribution in [3.8, 4) is 0 Å². The molecule has 0 atom stereocenters. The molecule has 24 heavy (non-hydrogen) atoms. The van der Waals surface area contributed by atoms with E-state index in [-0.39, 0.29) is 17.8 Å². The largest absolute Gasteiger partial charge is 0.469 e. The first-order valence-electron chi connectivity index (χ1n) is 8.96. The maximum Gasteiger partial charge on any atom is 0.308 e. The summed E-state index contributed by atoms with van der Waals surface area (Å²) in [5.74, 6) is 0.831. The van der Waals surface area contributed by atoms with Gasteiger partial charge in [-0.25, -0.2) is 0 Å². The van der Waals surface area contributed by atoms with Gasteiger partial charge in [0.1, 0.15) is 0 Å². The molecule has 0 aliphatic carbocycles. The molecule has 0 aromatic carbocycles. The van der Waals surface area contributed by atoms with Crippen molar-refractivity contribution in [3.63, 3.8) is 0 Å². The van der Waals surface area contributed by atoms with E-state index in [1.165, 1.54) is 7.11 Å². The molecular weight excluding hydrogens is 308 g/mol. The summed E-state index contributed by atoms with van der Waals surface area (Å²) in [6, 6.07) is 0. The number of nitrogens with one attached hydrogen (secondary N) is 1. The summed E-state index contributed by atoms with van der Waals surface area (Å²) in [5.41, 5.74) is 0. The predicted octanol–water partition coefficient (Wildman–Crippen LogP) is 1.10. The second kappa shape index (κ2) is 10.9.